The van der Waals surface area contributed by atoms with Gasteiger partial charge in [-0.05, 0) is 61.7 Å². The lowest BCUT2D eigenvalue weighted by atomic mass is 10.1. The number of amides is 1. The maximum absolute atomic E-state index is 12.7. The number of benzene rings is 2. The average Bonchev–Trinajstić information content (AvgIpc) is 2.94. The second-order valence-corrected chi connectivity index (χ2v) is 8.15. The van der Waals surface area contributed by atoms with Gasteiger partial charge in [-0.1, -0.05) is 12.1 Å². The highest BCUT2D eigenvalue weighted by Crippen LogP contribution is 2.25. The van der Waals surface area contributed by atoms with Crippen molar-refractivity contribution in [1.29, 1.82) is 5.26 Å². The molecule has 1 aliphatic rings. The minimum absolute atomic E-state index is 0.0193. The zero-order valence-electron chi connectivity index (χ0n) is 14.6. The van der Waals surface area contributed by atoms with Gasteiger partial charge in [0.25, 0.3) is 0 Å². The average molecular weight is 369 g/mol. The number of nitrogens with zero attached hydrogens (tertiary/aromatic N) is 2. The topological polar surface area (TPSA) is 90.3 Å². The van der Waals surface area contributed by atoms with Gasteiger partial charge in [0.1, 0.15) is 6.04 Å². The third-order valence-electron chi connectivity index (χ3n) is 4.29. The summed E-state index contributed by atoms with van der Waals surface area (Å²) in [4.78, 5) is 14.3. The van der Waals surface area contributed by atoms with E-state index in [-0.39, 0.29) is 16.4 Å². The first-order valence-electron chi connectivity index (χ1n) is 8.22. The summed E-state index contributed by atoms with van der Waals surface area (Å²) in [7, 11) is -3.88. The van der Waals surface area contributed by atoms with E-state index in [1.54, 1.807) is 4.90 Å². The van der Waals surface area contributed by atoms with Crippen molar-refractivity contribution in [2.24, 2.45) is 0 Å². The normalized spacial score (nSPS) is 17.3. The van der Waals surface area contributed by atoms with Gasteiger partial charge >= 0.3 is 0 Å². The van der Waals surface area contributed by atoms with Crippen LogP contribution in [0.15, 0.2) is 47.4 Å². The van der Waals surface area contributed by atoms with Crippen LogP contribution in [0.2, 0.25) is 0 Å². The molecule has 1 aliphatic heterocycles. The van der Waals surface area contributed by atoms with Gasteiger partial charge in [-0.15, -0.1) is 0 Å². The number of hydrogen-bond acceptors (Lipinski definition) is 4. The molecule has 3 rings (SSSR count). The van der Waals surface area contributed by atoms with E-state index in [4.69, 9.17) is 5.26 Å². The van der Waals surface area contributed by atoms with Crippen molar-refractivity contribution in [3.63, 3.8) is 0 Å². The fourth-order valence-corrected chi connectivity index (χ4v) is 4.41. The van der Waals surface area contributed by atoms with Crippen molar-refractivity contribution in [3.05, 3.63) is 59.2 Å². The number of nitriles is 1. The van der Waals surface area contributed by atoms with Gasteiger partial charge in [-0.25, -0.2) is 8.42 Å². The minimum Gasteiger partial charge on any atom is -0.311 e. The zero-order valence-corrected chi connectivity index (χ0v) is 15.4. The Bertz CT molecular complexity index is 989. The lowest BCUT2D eigenvalue weighted by Crippen LogP contribution is -2.41. The molecule has 6 nitrogen and oxygen atoms in total. The summed E-state index contributed by atoms with van der Waals surface area (Å²) in [5.74, 6) is -0.269. The number of sulfonamides is 1. The molecule has 7 heteroatoms. The number of nitrogens with one attached hydrogen (secondary N) is 1. The smallest absolute Gasteiger partial charge is 0.245 e. The largest absolute Gasteiger partial charge is 0.311 e. The van der Waals surface area contributed by atoms with E-state index in [1.165, 1.54) is 24.3 Å². The second kappa shape index (κ2) is 6.90. The number of hydrogen-bond donors (Lipinski definition) is 1. The molecule has 26 heavy (non-hydrogen) atoms. The van der Waals surface area contributed by atoms with Gasteiger partial charge in [0.15, 0.2) is 0 Å². The molecule has 1 atom stereocenters. The number of carbonyl (C=O) groups is 1. The van der Waals surface area contributed by atoms with Gasteiger partial charge in [-0.2, -0.15) is 9.98 Å². The van der Waals surface area contributed by atoms with Crippen LogP contribution in [0.5, 0.6) is 0 Å². The van der Waals surface area contributed by atoms with Crippen molar-refractivity contribution in [2.45, 2.75) is 31.2 Å². The summed E-state index contributed by atoms with van der Waals surface area (Å²) in [6.07, 6.45) is 0.392. The highest BCUT2D eigenvalue weighted by atomic mass is 32.2. The van der Waals surface area contributed by atoms with Crippen LogP contribution < -0.4 is 9.62 Å². The highest BCUT2D eigenvalue weighted by Gasteiger charge is 2.35. The molecule has 1 fully saturated rings. The Morgan fingerprint density at radius 2 is 1.85 bits per heavy atom. The van der Waals surface area contributed by atoms with E-state index in [0.717, 1.165) is 16.8 Å². The molecule has 134 valence electrons. The molecule has 1 heterocycles. The van der Waals surface area contributed by atoms with Crippen LogP contribution in [0.4, 0.5) is 5.69 Å². The number of rotatable bonds is 4. The molecular weight excluding hydrogens is 350 g/mol. The molecule has 2 aromatic carbocycles. The van der Waals surface area contributed by atoms with Crippen LogP contribution >= 0.6 is 0 Å². The Hall–Kier alpha value is -2.69. The maximum atomic E-state index is 12.7. The van der Waals surface area contributed by atoms with E-state index in [2.05, 4.69) is 4.72 Å². The van der Waals surface area contributed by atoms with Crippen molar-refractivity contribution in [1.82, 2.24) is 4.72 Å². The molecule has 1 amide bonds. The molecule has 2 aromatic rings. The monoisotopic (exact) mass is 369 g/mol. The van der Waals surface area contributed by atoms with Gasteiger partial charge in [0.2, 0.25) is 15.9 Å². The van der Waals surface area contributed by atoms with Crippen LogP contribution in [-0.2, 0) is 14.8 Å². The summed E-state index contributed by atoms with van der Waals surface area (Å²) < 4.78 is 27.6. The van der Waals surface area contributed by atoms with Crippen LogP contribution in [0.25, 0.3) is 0 Å². The lowest BCUT2D eigenvalue weighted by Gasteiger charge is -2.18. The summed E-state index contributed by atoms with van der Waals surface area (Å²) in [5.41, 5.74) is 3.12. The molecule has 0 bridgehead atoms. The Kier molecular flexibility index (Phi) is 4.81. The maximum Gasteiger partial charge on any atom is 0.245 e. The van der Waals surface area contributed by atoms with E-state index in [9.17, 15) is 13.2 Å². The van der Waals surface area contributed by atoms with Crippen molar-refractivity contribution in [3.8, 4) is 6.07 Å². The molecule has 1 unspecified atom stereocenters. The first-order valence-corrected chi connectivity index (χ1v) is 9.70. The van der Waals surface area contributed by atoms with Gasteiger partial charge in [-0.3, -0.25) is 4.79 Å². The molecule has 1 N–H and O–H groups in total. The Morgan fingerprint density at radius 1 is 1.15 bits per heavy atom. The quantitative estimate of drug-likeness (QED) is 0.895. The summed E-state index contributed by atoms with van der Waals surface area (Å²) in [6, 6.07) is 12.7. The van der Waals surface area contributed by atoms with E-state index < -0.39 is 16.1 Å². The predicted octanol–water partition coefficient (Wildman–Crippen LogP) is 2.26. The Morgan fingerprint density at radius 3 is 2.50 bits per heavy atom. The number of anilines is 1. The summed E-state index contributed by atoms with van der Waals surface area (Å²) >= 11 is 0. The fraction of sp³-hybridized carbons (Fsp3) is 0.263. The van der Waals surface area contributed by atoms with E-state index >= 15 is 0 Å². The SMILES string of the molecule is Cc1cc(C)cc(N2CCC(NS(=O)(=O)c3cccc(C#N)c3)C2=O)c1. The first-order chi connectivity index (χ1) is 12.3. The van der Waals surface area contributed by atoms with Crippen LogP contribution in [-0.4, -0.2) is 26.9 Å². The summed E-state index contributed by atoms with van der Waals surface area (Å²) in [5, 5.41) is 8.93. The molecule has 1 saturated heterocycles. The van der Waals surface area contributed by atoms with E-state index in [0.29, 0.717) is 13.0 Å². The summed E-state index contributed by atoms with van der Waals surface area (Å²) in [6.45, 7) is 4.37. The van der Waals surface area contributed by atoms with Crippen molar-refractivity contribution < 1.29 is 13.2 Å². The molecule has 0 saturated carbocycles. The fourth-order valence-electron chi connectivity index (χ4n) is 3.14. The van der Waals surface area contributed by atoms with Gasteiger partial charge in [0, 0.05) is 12.2 Å². The Labute approximate surface area is 153 Å². The van der Waals surface area contributed by atoms with Crippen LogP contribution in [0, 0.1) is 25.2 Å². The predicted molar refractivity (Wildman–Crippen MR) is 98.2 cm³/mol. The second-order valence-electron chi connectivity index (χ2n) is 6.44. The standard InChI is InChI=1S/C19H19N3O3S/c1-13-8-14(2)10-16(9-13)22-7-6-18(19(22)23)21-26(24,25)17-5-3-4-15(11-17)12-20/h3-5,8-11,18,21H,6-7H2,1-2H3. The number of aryl methyl sites for hydroxylation is 2. The molecule has 0 aliphatic carbocycles. The third kappa shape index (κ3) is 3.62. The van der Waals surface area contributed by atoms with Crippen molar-refractivity contribution in [2.75, 3.05) is 11.4 Å². The van der Waals surface area contributed by atoms with Crippen LogP contribution in [0.3, 0.4) is 0 Å². The highest BCUT2D eigenvalue weighted by molar-refractivity contribution is 7.89. The van der Waals surface area contributed by atoms with E-state index in [1.807, 2.05) is 38.1 Å². The van der Waals surface area contributed by atoms with Gasteiger partial charge < -0.3 is 4.90 Å². The molecule has 0 spiro atoms. The molecular formula is C19H19N3O3S. The first kappa shape index (κ1) is 18.1. The minimum atomic E-state index is -3.88. The lowest BCUT2D eigenvalue weighted by molar-refractivity contribution is -0.118. The Balaban J connectivity index is 1.81. The third-order valence-corrected chi connectivity index (χ3v) is 5.76. The molecule has 0 radical (unpaired) electrons. The number of carbonyl (C=O) groups excluding carboxylic acids is 1. The molecule has 0 aromatic heterocycles. The zero-order chi connectivity index (χ0) is 18.9. The van der Waals surface area contributed by atoms with Gasteiger partial charge in [0.05, 0.1) is 16.5 Å². The van der Waals surface area contributed by atoms with Crippen molar-refractivity contribution >= 4 is 21.6 Å². The van der Waals surface area contributed by atoms with Crippen LogP contribution in [0.1, 0.15) is 23.1 Å².